The lowest BCUT2D eigenvalue weighted by Gasteiger charge is -2.18. The van der Waals surface area contributed by atoms with E-state index in [-0.39, 0.29) is 11.9 Å². The van der Waals surface area contributed by atoms with E-state index in [9.17, 15) is 4.79 Å². The summed E-state index contributed by atoms with van der Waals surface area (Å²) in [7, 11) is 0. The van der Waals surface area contributed by atoms with Crippen LogP contribution in [0.2, 0.25) is 5.02 Å². The van der Waals surface area contributed by atoms with Crippen molar-refractivity contribution in [2.75, 3.05) is 0 Å². The van der Waals surface area contributed by atoms with E-state index < -0.39 is 0 Å². The molecule has 0 spiro atoms. The SMILES string of the molecule is O=C(CCCc1nc2ccc(Cl)cc2[nH]1)NC(c1ccccc1)c1cccs1. The molecule has 6 heteroatoms. The van der Waals surface area contributed by atoms with Gasteiger partial charge in [0.1, 0.15) is 5.82 Å². The normalized spacial score (nSPS) is 12.2. The lowest BCUT2D eigenvalue weighted by molar-refractivity contribution is -0.121. The van der Waals surface area contributed by atoms with Crippen LogP contribution >= 0.6 is 22.9 Å². The van der Waals surface area contributed by atoms with E-state index in [1.54, 1.807) is 11.3 Å². The van der Waals surface area contributed by atoms with Gasteiger partial charge in [-0.2, -0.15) is 0 Å². The Labute approximate surface area is 172 Å². The maximum Gasteiger partial charge on any atom is 0.220 e. The van der Waals surface area contributed by atoms with Crippen molar-refractivity contribution < 1.29 is 4.79 Å². The first-order valence-electron chi connectivity index (χ1n) is 9.21. The zero-order chi connectivity index (χ0) is 19.3. The molecule has 2 N–H and O–H groups in total. The third kappa shape index (κ3) is 4.43. The van der Waals surface area contributed by atoms with Crippen molar-refractivity contribution in [2.24, 2.45) is 0 Å². The molecule has 0 radical (unpaired) electrons. The maximum atomic E-state index is 12.6. The van der Waals surface area contributed by atoms with Crippen LogP contribution in [0.15, 0.2) is 66.0 Å². The molecular weight excluding hydrogens is 390 g/mol. The lowest BCUT2D eigenvalue weighted by Crippen LogP contribution is -2.28. The summed E-state index contributed by atoms with van der Waals surface area (Å²) >= 11 is 7.67. The van der Waals surface area contributed by atoms with E-state index in [1.165, 1.54) is 0 Å². The zero-order valence-corrected chi connectivity index (χ0v) is 16.8. The minimum Gasteiger partial charge on any atom is -0.344 e. The molecule has 1 unspecified atom stereocenters. The average molecular weight is 410 g/mol. The smallest absolute Gasteiger partial charge is 0.220 e. The highest BCUT2D eigenvalue weighted by Crippen LogP contribution is 2.26. The topological polar surface area (TPSA) is 57.8 Å². The van der Waals surface area contributed by atoms with Crippen molar-refractivity contribution in [3.63, 3.8) is 0 Å². The fourth-order valence-electron chi connectivity index (χ4n) is 3.22. The fraction of sp³-hybridized carbons (Fsp3) is 0.182. The van der Waals surface area contributed by atoms with Gasteiger partial charge in [0.15, 0.2) is 0 Å². The Morgan fingerprint density at radius 1 is 1.14 bits per heavy atom. The van der Waals surface area contributed by atoms with Crippen LogP contribution in [0.1, 0.15) is 35.1 Å². The Balaban J connectivity index is 1.37. The van der Waals surface area contributed by atoms with Crippen LogP contribution in [0.5, 0.6) is 0 Å². The first-order valence-corrected chi connectivity index (χ1v) is 10.5. The van der Waals surface area contributed by atoms with Crippen molar-refractivity contribution in [3.05, 3.63) is 87.3 Å². The second kappa shape index (κ2) is 8.59. The van der Waals surface area contributed by atoms with Gasteiger partial charge in [0.25, 0.3) is 0 Å². The van der Waals surface area contributed by atoms with Crippen LogP contribution in [0.4, 0.5) is 0 Å². The molecule has 4 rings (SSSR count). The standard InChI is InChI=1S/C22H20ClN3OS/c23-16-11-12-17-18(14-16)25-20(24-17)9-4-10-21(27)26-22(19-8-5-13-28-19)15-6-2-1-3-7-15/h1-3,5-8,11-14,22H,4,9-10H2,(H,24,25)(H,26,27). The number of aromatic nitrogens is 2. The van der Waals surface area contributed by atoms with Gasteiger partial charge < -0.3 is 10.3 Å². The van der Waals surface area contributed by atoms with Gasteiger partial charge in [-0.3, -0.25) is 4.79 Å². The quantitative estimate of drug-likeness (QED) is 0.423. The molecule has 0 fully saturated rings. The molecule has 0 aliphatic carbocycles. The number of aromatic amines is 1. The number of thiophene rings is 1. The number of amides is 1. The summed E-state index contributed by atoms with van der Waals surface area (Å²) in [4.78, 5) is 21.5. The van der Waals surface area contributed by atoms with Gasteiger partial charge in [-0.25, -0.2) is 4.98 Å². The van der Waals surface area contributed by atoms with E-state index in [1.807, 2.05) is 60.0 Å². The predicted octanol–water partition coefficient (Wildman–Crippen LogP) is 5.51. The van der Waals surface area contributed by atoms with Crippen molar-refractivity contribution in [3.8, 4) is 0 Å². The summed E-state index contributed by atoms with van der Waals surface area (Å²) in [5, 5.41) is 5.90. The number of fused-ring (bicyclic) bond motifs is 1. The summed E-state index contributed by atoms with van der Waals surface area (Å²) in [5.74, 6) is 0.921. The zero-order valence-electron chi connectivity index (χ0n) is 15.2. The van der Waals surface area contributed by atoms with Gasteiger partial charge >= 0.3 is 0 Å². The Kier molecular flexibility index (Phi) is 5.74. The fourth-order valence-corrected chi connectivity index (χ4v) is 4.20. The molecule has 2 aromatic heterocycles. The number of hydrogen-bond acceptors (Lipinski definition) is 3. The molecule has 2 heterocycles. The van der Waals surface area contributed by atoms with E-state index >= 15 is 0 Å². The molecule has 4 aromatic rings. The lowest BCUT2D eigenvalue weighted by atomic mass is 10.0. The van der Waals surface area contributed by atoms with Crippen molar-refractivity contribution >= 4 is 39.9 Å². The van der Waals surface area contributed by atoms with Crippen molar-refractivity contribution in [1.82, 2.24) is 15.3 Å². The highest BCUT2D eigenvalue weighted by atomic mass is 35.5. The first kappa shape index (κ1) is 18.7. The van der Waals surface area contributed by atoms with Gasteiger partial charge in [-0.15, -0.1) is 11.3 Å². The number of carbonyl (C=O) groups is 1. The van der Waals surface area contributed by atoms with Gasteiger partial charge in [0.2, 0.25) is 5.91 Å². The van der Waals surface area contributed by atoms with Crippen LogP contribution in [0, 0.1) is 0 Å². The highest BCUT2D eigenvalue weighted by Gasteiger charge is 2.17. The van der Waals surface area contributed by atoms with E-state index in [0.29, 0.717) is 17.9 Å². The molecule has 1 atom stereocenters. The van der Waals surface area contributed by atoms with Crippen LogP contribution in [-0.4, -0.2) is 15.9 Å². The largest absolute Gasteiger partial charge is 0.344 e. The van der Waals surface area contributed by atoms with Crippen molar-refractivity contribution in [2.45, 2.75) is 25.3 Å². The third-order valence-electron chi connectivity index (χ3n) is 4.58. The number of aryl methyl sites for hydroxylation is 1. The molecule has 28 heavy (non-hydrogen) atoms. The molecule has 2 aromatic carbocycles. The van der Waals surface area contributed by atoms with E-state index in [2.05, 4.69) is 21.4 Å². The van der Waals surface area contributed by atoms with Gasteiger partial charge in [-0.05, 0) is 41.6 Å². The molecule has 0 saturated carbocycles. The Morgan fingerprint density at radius 2 is 2.00 bits per heavy atom. The number of benzene rings is 2. The van der Waals surface area contributed by atoms with Gasteiger partial charge in [0.05, 0.1) is 17.1 Å². The van der Waals surface area contributed by atoms with Crippen LogP contribution < -0.4 is 5.32 Å². The molecule has 1 amide bonds. The summed E-state index contributed by atoms with van der Waals surface area (Å²) in [6, 6.07) is 19.6. The number of carbonyl (C=O) groups excluding carboxylic acids is 1. The number of imidazole rings is 1. The summed E-state index contributed by atoms with van der Waals surface area (Å²) in [6.07, 6.45) is 1.90. The Bertz CT molecular complexity index is 1060. The average Bonchev–Trinajstić information content (AvgIpc) is 3.36. The van der Waals surface area contributed by atoms with Crippen LogP contribution in [-0.2, 0) is 11.2 Å². The van der Waals surface area contributed by atoms with E-state index in [0.717, 1.165) is 33.7 Å². The second-order valence-electron chi connectivity index (χ2n) is 6.63. The molecule has 0 aliphatic heterocycles. The third-order valence-corrected chi connectivity index (χ3v) is 5.75. The minimum atomic E-state index is -0.109. The van der Waals surface area contributed by atoms with Gasteiger partial charge in [0, 0.05) is 22.7 Å². The molecule has 0 saturated heterocycles. The van der Waals surface area contributed by atoms with Crippen molar-refractivity contribution in [1.29, 1.82) is 0 Å². The van der Waals surface area contributed by atoms with Crippen LogP contribution in [0.3, 0.4) is 0 Å². The molecule has 0 bridgehead atoms. The van der Waals surface area contributed by atoms with Gasteiger partial charge in [-0.1, -0.05) is 48.0 Å². The highest BCUT2D eigenvalue weighted by molar-refractivity contribution is 7.10. The monoisotopic (exact) mass is 409 g/mol. The Morgan fingerprint density at radius 3 is 2.79 bits per heavy atom. The number of halogens is 1. The van der Waals surface area contributed by atoms with Crippen LogP contribution in [0.25, 0.3) is 11.0 Å². The number of hydrogen-bond donors (Lipinski definition) is 2. The second-order valence-corrected chi connectivity index (χ2v) is 8.04. The molecule has 4 nitrogen and oxygen atoms in total. The number of H-pyrrole nitrogens is 1. The summed E-state index contributed by atoms with van der Waals surface area (Å²) in [5.41, 5.74) is 2.91. The van der Waals surface area contributed by atoms with E-state index in [4.69, 9.17) is 11.6 Å². The number of nitrogens with zero attached hydrogens (tertiary/aromatic N) is 1. The summed E-state index contributed by atoms with van der Waals surface area (Å²) < 4.78 is 0. The Hall–Kier alpha value is -2.63. The predicted molar refractivity (Wildman–Crippen MR) is 115 cm³/mol. The first-order chi connectivity index (χ1) is 13.7. The number of nitrogens with one attached hydrogen (secondary N) is 2. The minimum absolute atomic E-state index is 0.0430. The maximum absolute atomic E-state index is 12.6. The molecule has 142 valence electrons. The molecule has 0 aliphatic rings. The number of rotatable bonds is 7. The molecular formula is C22H20ClN3OS. The summed E-state index contributed by atoms with van der Waals surface area (Å²) in [6.45, 7) is 0.